The van der Waals surface area contributed by atoms with Crippen LogP contribution in [-0.2, 0) is 4.79 Å². The van der Waals surface area contributed by atoms with Crippen molar-refractivity contribution in [1.82, 2.24) is 9.80 Å². The van der Waals surface area contributed by atoms with Crippen molar-refractivity contribution < 1.29 is 14.3 Å². The molecule has 1 unspecified atom stereocenters. The number of nitrogens with zero attached hydrogens (tertiary/aromatic N) is 2. The topological polar surface area (TPSA) is 87.9 Å². The van der Waals surface area contributed by atoms with Gasteiger partial charge < -0.3 is 25.6 Å². The number of ether oxygens (including phenoxy) is 1. The molecule has 0 bridgehead atoms. The molecule has 1 heterocycles. The molecule has 9 heteroatoms. The van der Waals surface area contributed by atoms with Crippen LogP contribution < -0.4 is 15.8 Å². The van der Waals surface area contributed by atoms with Crippen LogP contribution in [0.3, 0.4) is 0 Å². The summed E-state index contributed by atoms with van der Waals surface area (Å²) in [6.07, 6.45) is 1.43. The molecule has 154 valence electrons. The molecule has 0 saturated carbocycles. The van der Waals surface area contributed by atoms with Crippen molar-refractivity contribution in [2.24, 2.45) is 5.73 Å². The van der Waals surface area contributed by atoms with Gasteiger partial charge in [0, 0.05) is 31.7 Å². The molecular weight excluding hydrogens is 391 g/mol. The minimum absolute atomic E-state index is 0. The second-order valence-electron chi connectivity index (χ2n) is 6.39. The van der Waals surface area contributed by atoms with Crippen molar-refractivity contribution in [2.45, 2.75) is 25.8 Å². The number of hydrogen-bond donors (Lipinski definition) is 2. The standard InChI is InChI=1S/C18H28N4O3.2ClH/c1-4-5-14(19)17(23)20-15-12-13(6-7-16(15)25-3)18(24)22-10-8-21(2)9-11-22;;/h6-7,12,14H,4-5,8-11,19H2,1-3H3,(H,20,23);2*1H. The molecule has 0 aromatic heterocycles. The van der Waals surface area contributed by atoms with Gasteiger partial charge in [-0.05, 0) is 31.7 Å². The van der Waals surface area contributed by atoms with E-state index in [1.165, 1.54) is 7.11 Å². The minimum atomic E-state index is -0.577. The van der Waals surface area contributed by atoms with E-state index in [0.29, 0.717) is 36.5 Å². The average Bonchev–Trinajstić information content (AvgIpc) is 2.62. The number of anilines is 1. The predicted molar refractivity (Wildman–Crippen MR) is 112 cm³/mol. The second-order valence-corrected chi connectivity index (χ2v) is 6.39. The Bertz CT molecular complexity index is 623. The van der Waals surface area contributed by atoms with Gasteiger partial charge in [-0.3, -0.25) is 9.59 Å². The first-order valence-electron chi connectivity index (χ1n) is 8.68. The van der Waals surface area contributed by atoms with Gasteiger partial charge in [0.25, 0.3) is 5.91 Å². The Morgan fingerprint density at radius 1 is 1.22 bits per heavy atom. The van der Waals surface area contributed by atoms with Crippen LogP contribution in [0.25, 0.3) is 0 Å². The average molecular weight is 421 g/mol. The van der Waals surface area contributed by atoms with Crippen LogP contribution in [0.4, 0.5) is 5.69 Å². The maximum atomic E-state index is 12.7. The third kappa shape index (κ3) is 6.84. The molecule has 2 rings (SSSR count). The number of amides is 2. The van der Waals surface area contributed by atoms with Crippen molar-refractivity contribution in [1.29, 1.82) is 0 Å². The number of rotatable bonds is 6. The molecule has 7 nitrogen and oxygen atoms in total. The number of hydrogen-bond acceptors (Lipinski definition) is 5. The summed E-state index contributed by atoms with van der Waals surface area (Å²) in [6, 6.07) is 4.51. The Morgan fingerprint density at radius 2 is 1.85 bits per heavy atom. The molecule has 1 aliphatic heterocycles. The van der Waals surface area contributed by atoms with Crippen LogP contribution in [0.5, 0.6) is 5.75 Å². The molecule has 0 aliphatic carbocycles. The second kappa shape index (κ2) is 12.0. The molecule has 1 fully saturated rings. The minimum Gasteiger partial charge on any atom is -0.495 e. The molecule has 1 aliphatic rings. The third-order valence-electron chi connectivity index (χ3n) is 4.43. The van der Waals surface area contributed by atoms with Crippen LogP contribution in [-0.4, -0.2) is 68.0 Å². The van der Waals surface area contributed by atoms with Gasteiger partial charge >= 0.3 is 0 Å². The zero-order valence-corrected chi connectivity index (χ0v) is 17.7. The Kier molecular flexibility index (Phi) is 11.3. The molecule has 1 aromatic rings. The van der Waals surface area contributed by atoms with E-state index in [4.69, 9.17) is 10.5 Å². The maximum absolute atomic E-state index is 12.7. The van der Waals surface area contributed by atoms with Gasteiger partial charge in [-0.2, -0.15) is 0 Å². The zero-order valence-electron chi connectivity index (χ0n) is 16.1. The van der Waals surface area contributed by atoms with E-state index < -0.39 is 6.04 Å². The number of carbonyl (C=O) groups excluding carboxylic acids is 2. The highest BCUT2D eigenvalue weighted by Crippen LogP contribution is 2.26. The first-order valence-corrected chi connectivity index (χ1v) is 8.68. The number of likely N-dealkylation sites (N-methyl/N-ethyl adjacent to an activating group) is 1. The molecule has 1 aromatic carbocycles. The highest BCUT2D eigenvalue weighted by molar-refractivity contribution is 5.99. The summed E-state index contributed by atoms with van der Waals surface area (Å²) in [5.41, 5.74) is 6.87. The van der Waals surface area contributed by atoms with Gasteiger partial charge in [0.15, 0.2) is 0 Å². The smallest absolute Gasteiger partial charge is 0.254 e. The summed E-state index contributed by atoms with van der Waals surface area (Å²) in [5.74, 6) is 0.195. The van der Waals surface area contributed by atoms with Crippen LogP contribution in [0, 0.1) is 0 Å². The predicted octanol–water partition coefficient (Wildman–Crippen LogP) is 1.99. The summed E-state index contributed by atoms with van der Waals surface area (Å²) in [7, 11) is 3.57. The van der Waals surface area contributed by atoms with E-state index in [-0.39, 0.29) is 36.6 Å². The Morgan fingerprint density at radius 3 is 2.41 bits per heavy atom. The highest BCUT2D eigenvalue weighted by atomic mass is 35.5. The van der Waals surface area contributed by atoms with Crippen LogP contribution >= 0.6 is 24.8 Å². The zero-order chi connectivity index (χ0) is 18.4. The SMILES string of the molecule is CCCC(N)C(=O)Nc1cc(C(=O)N2CCN(C)CC2)ccc1OC.Cl.Cl. The summed E-state index contributed by atoms with van der Waals surface area (Å²) in [5, 5.41) is 2.78. The first kappa shape index (κ1) is 25.5. The van der Waals surface area contributed by atoms with E-state index in [9.17, 15) is 9.59 Å². The molecule has 0 spiro atoms. The lowest BCUT2D eigenvalue weighted by Crippen LogP contribution is -2.47. The number of nitrogens with two attached hydrogens (primary N) is 1. The molecule has 27 heavy (non-hydrogen) atoms. The lowest BCUT2D eigenvalue weighted by Gasteiger charge is -2.32. The van der Waals surface area contributed by atoms with Gasteiger partial charge in [0.1, 0.15) is 5.75 Å². The highest BCUT2D eigenvalue weighted by Gasteiger charge is 2.22. The number of carbonyl (C=O) groups is 2. The van der Waals surface area contributed by atoms with E-state index in [1.807, 2.05) is 18.9 Å². The fourth-order valence-corrected chi connectivity index (χ4v) is 2.80. The molecule has 3 N–H and O–H groups in total. The van der Waals surface area contributed by atoms with Gasteiger partial charge in [0.2, 0.25) is 5.91 Å². The fraction of sp³-hybridized carbons (Fsp3) is 0.556. The van der Waals surface area contributed by atoms with Gasteiger partial charge in [-0.15, -0.1) is 24.8 Å². The monoisotopic (exact) mass is 420 g/mol. The number of methoxy groups -OCH3 is 1. The molecule has 1 saturated heterocycles. The van der Waals surface area contributed by atoms with E-state index >= 15 is 0 Å². The quantitative estimate of drug-likeness (QED) is 0.734. The maximum Gasteiger partial charge on any atom is 0.254 e. The number of piperazine rings is 1. The summed E-state index contributed by atoms with van der Waals surface area (Å²) in [6.45, 7) is 5.09. The molecule has 0 radical (unpaired) electrons. The van der Waals surface area contributed by atoms with Crippen molar-refractivity contribution in [3.63, 3.8) is 0 Å². The Balaban J connectivity index is 0.00000338. The first-order chi connectivity index (χ1) is 12.0. The summed E-state index contributed by atoms with van der Waals surface area (Å²) >= 11 is 0. The van der Waals surface area contributed by atoms with Crippen molar-refractivity contribution in [2.75, 3.05) is 45.7 Å². The number of halogens is 2. The Labute approximate surface area is 173 Å². The molecule has 2 amide bonds. The van der Waals surface area contributed by atoms with Crippen molar-refractivity contribution in [3.05, 3.63) is 23.8 Å². The third-order valence-corrected chi connectivity index (χ3v) is 4.43. The lowest BCUT2D eigenvalue weighted by molar-refractivity contribution is -0.117. The Hall–Kier alpha value is -1.54. The number of benzene rings is 1. The van der Waals surface area contributed by atoms with Gasteiger partial charge in [0.05, 0.1) is 18.8 Å². The summed E-state index contributed by atoms with van der Waals surface area (Å²) in [4.78, 5) is 28.9. The van der Waals surface area contributed by atoms with E-state index in [1.54, 1.807) is 18.2 Å². The summed E-state index contributed by atoms with van der Waals surface area (Å²) < 4.78 is 5.29. The van der Waals surface area contributed by atoms with Crippen LogP contribution in [0.1, 0.15) is 30.1 Å². The lowest BCUT2D eigenvalue weighted by atomic mass is 10.1. The normalized spacial score (nSPS) is 15.2. The fourth-order valence-electron chi connectivity index (χ4n) is 2.80. The van der Waals surface area contributed by atoms with Crippen molar-refractivity contribution in [3.8, 4) is 5.75 Å². The van der Waals surface area contributed by atoms with Crippen molar-refractivity contribution >= 4 is 42.3 Å². The van der Waals surface area contributed by atoms with E-state index in [2.05, 4.69) is 10.2 Å². The van der Waals surface area contributed by atoms with Gasteiger partial charge in [-0.1, -0.05) is 13.3 Å². The van der Waals surface area contributed by atoms with Crippen LogP contribution in [0.2, 0.25) is 0 Å². The molecule has 1 atom stereocenters. The van der Waals surface area contributed by atoms with Gasteiger partial charge in [-0.25, -0.2) is 0 Å². The largest absolute Gasteiger partial charge is 0.495 e. The van der Waals surface area contributed by atoms with E-state index in [0.717, 1.165) is 19.5 Å². The van der Waals surface area contributed by atoms with Crippen LogP contribution in [0.15, 0.2) is 18.2 Å². The molecular formula is C18H30Cl2N4O3. The number of nitrogens with one attached hydrogen (secondary N) is 1.